The average molecular weight is 405 g/mol. The van der Waals surface area contributed by atoms with Crippen molar-refractivity contribution >= 4 is 39.2 Å². The molecular weight excluding hydrogens is 388 g/mol. The number of amides is 2. The fourth-order valence-electron chi connectivity index (χ4n) is 2.24. The second-order valence-corrected chi connectivity index (χ2v) is 6.30. The lowest BCUT2D eigenvalue weighted by Crippen LogP contribution is -2.46. The van der Waals surface area contributed by atoms with Gasteiger partial charge in [0.15, 0.2) is 0 Å². The SMILES string of the molecule is C[C@H](N)C(=O)N(CC(N)=O)c1ccc(Br)cc1C(=O)c1ccccn1. The number of carbonyl (C=O) groups is 3. The Bertz CT molecular complexity index is 809. The number of halogens is 1. The normalized spacial score (nSPS) is 11.6. The van der Waals surface area contributed by atoms with Gasteiger partial charge >= 0.3 is 0 Å². The van der Waals surface area contributed by atoms with Gasteiger partial charge in [-0.2, -0.15) is 0 Å². The van der Waals surface area contributed by atoms with Gasteiger partial charge in [-0.1, -0.05) is 22.0 Å². The summed E-state index contributed by atoms with van der Waals surface area (Å²) in [6.45, 7) is 1.11. The van der Waals surface area contributed by atoms with Crippen LogP contribution in [0.25, 0.3) is 0 Å². The Kier molecular flexibility index (Phi) is 6.00. The minimum absolute atomic E-state index is 0.211. The maximum absolute atomic E-state index is 12.8. The molecule has 0 saturated heterocycles. The van der Waals surface area contributed by atoms with Crippen LogP contribution < -0.4 is 16.4 Å². The minimum Gasteiger partial charge on any atom is -0.368 e. The predicted octanol–water partition coefficient (Wildman–Crippen LogP) is 1.24. The highest BCUT2D eigenvalue weighted by atomic mass is 79.9. The van der Waals surface area contributed by atoms with Crippen LogP contribution in [0, 0.1) is 0 Å². The van der Waals surface area contributed by atoms with E-state index in [0.29, 0.717) is 4.47 Å². The standard InChI is InChI=1S/C17H17BrN4O3/c1-10(19)17(25)22(9-15(20)23)14-6-5-11(18)8-12(14)16(24)13-4-2-3-7-21-13/h2-8,10H,9,19H2,1H3,(H2,20,23)/t10-/m0/s1. The maximum atomic E-state index is 12.8. The van der Waals surface area contributed by atoms with Crippen molar-refractivity contribution in [1.29, 1.82) is 0 Å². The molecule has 1 atom stereocenters. The smallest absolute Gasteiger partial charge is 0.244 e. The van der Waals surface area contributed by atoms with Gasteiger partial charge in [-0.3, -0.25) is 19.4 Å². The van der Waals surface area contributed by atoms with Gasteiger partial charge < -0.3 is 16.4 Å². The van der Waals surface area contributed by atoms with E-state index < -0.39 is 17.9 Å². The third-order valence-electron chi connectivity index (χ3n) is 3.36. The van der Waals surface area contributed by atoms with Crippen LogP contribution >= 0.6 is 15.9 Å². The molecule has 1 aromatic heterocycles. The van der Waals surface area contributed by atoms with Gasteiger partial charge in [0.2, 0.25) is 17.6 Å². The van der Waals surface area contributed by atoms with Gasteiger partial charge in [-0.05, 0) is 37.3 Å². The number of nitrogens with two attached hydrogens (primary N) is 2. The topological polar surface area (TPSA) is 119 Å². The summed E-state index contributed by atoms with van der Waals surface area (Å²) < 4.78 is 0.641. The van der Waals surface area contributed by atoms with Crippen LogP contribution in [0.15, 0.2) is 47.1 Å². The first kappa shape index (κ1) is 18.8. The zero-order valence-corrected chi connectivity index (χ0v) is 15.1. The maximum Gasteiger partial charge on any atom is 0.244 e. The molecule has 4 N–H and O–H groups in total. The van der Waals surface area contributed by atoms with Crippen LogP contribution in [0.3, 0.4) is 0 Å². The van der Waals surface area contributed by atoms with E-state index in [9.17, 15) is 14.4 Å². The van der Waals surface area contributed by atoms with Crippen molar-refractivity contribution in [2.75, 3.05) is 11.4 Å². The number of hydrogen-bond acceptors (Lipinski definition) is 5. The average Bonchev–Trinajstić information content (AvgIpc) is 2.59. The van der Waals surface area contributed by atoms with Crippen molar-refractivity contribution in [1.82, 2.24) is 4.98 Å². The number of anilines is 1. The number of aromatic nitrogens is 1. The molecule has 130 valence electrons. The van der Waals surface area contributed by atoms with Crippen LogP contribution in [0.2, 0.25) is 0 Å². The van der Waals surface area contributed by atoms with E-state index in [1.165, 1.54) is 13.1 Å². The highest BCUT2D eigenvalue weighted by molar-refractivity contribution is 9.10. The number of primary amides is 1. The Balaban J connectivity index is 2.57. The first-order valence-electron chi connectivity index (χ1n) is 7.41. The number of ketones is 1. The third-order valence-corrected chi connectivity index (χ3v) is 3.85. The van der Waals surface area contributed by atoms with Crippen molar-refractivity contribution in [2.45, 2.75) is 13.0 Å². The molecular formula is C17H17BrN4O3. The van der Waals surface area contributed by atoms with Crippen molar-refractivity contribution in [3.8, 4) is 0 Å². The third kappa shape index (κ3) is 4.49. The first-order chi connectivity index (χ1) is 11.8. The lowest BCUT2D eigenvalue weighted by Gasteiger charge is -2.25. The van der Waals surface area contributed by atoms with Crippen LogP contribution in [0.5, 0.6) is 0 Å². The lowest BCUT2D eigenvalue weighted by atomic mass is 10.0. The van der Waals surface area contributed by atoms with E-state index in [0.717, 1.165) is 4.90 Å². The van der Waals surface area contributed by atoms with Gasteiger partial charge in [-0.15, -0.1) is 0 Å². The predicted molar refractivity (Wildman–Crippen MR) is 97.0 cm³/mol. The Morgan fingerprint density at radius 3 is 2.52 bits per heavy atom. The molecule has 0 aliphatic heterocycles. The molecule has 2 amide bonds. The second kappa shape index (κ2) is 8.00. The number of rotatable bonds is 6. The summed E-state index contributed by atoms with van der Waals surface area (Å²) in [6.07, 6.45) is 1.50. The minimum atomic E-state index is -0.860. The number of pyridine rings is 1. The van der Waals surface area contributed by atoms with Crippen LogP contribution in [-0.2, 0) is 9.59 Å². The van der Waals surface area contributed by atoms with Crippen LogP contribution in [0.1, 0.15) is 23.0 Å². The van der Waals surface area contributed by atoms with Crippen molar-refractivity contribution in [3.63, 3.8) is 0 Å². The molecule has 0 saturated carbocycles. The van der Waals surface area contributed by atoms with E-state index in [1.54, 1.807) is 36.4 Å². The molecule has 8 heteroatoms. The van der Waals surface area contributed by atoms with Gasteiger partial charge in [0.1, 0.15) is 12.2 Å². The highest BCUT2D eigenvalue weighted by Crippen LogP contribution is 2.27. The van der Waals surface area contributed by atoms with E-state index >= 15 is 0 Å². The molecule has 2 aromatic rings. The number of nitrogens with zero attached hydrogens (tertiary/aromatic N) is 2. The summed E-state index contributed by atoms with van der Waals surface area (Å²) in [6, 6.07) is 8.87. The van der Waals surface area contributed by atoms with E-state index in [1.807, 2.05) is 0 Å². The van der Waals surface area contributed by atoms with Crippen molar-refractivity contribution < 1.29 is 14.4 Å². The lowest BCUT2D eigenvalue weighted by molar-refractivity contribution is -0.122. The highest BCUT2D eigenvalue weighted by Gasteiger charge is 2.26. The molecule has 0 aliphatic rings. The molecule has 7 nitrogen and oxygen atoms in total. The molecule has 1 heterocycles. The van der Waals surface area contributed by atoms with Gasteiger partial charge in [-0.25, -0.2) is 0 Å². The number of hydrogen-bond donors (Lipinski definition) is 2. The molecule has 25 heavy (non-hydrogen) atoms. The molecule has 0 radical (unpaired) electrons. The Morgan fingerprint density at radius 1 is 1.24 bits per heavy atom. The van der Waals surface area contributed by atoms with Gasteiger partial charge in [0.05, 0.1) is 11.7 Å². The summed E-state index contributed by atoms with van der Waals surface area (Å²) in [5.74, 6) is -1.62. The summed E-state index contributed by atoms with van der Waals surface area (Å²) in [5, 5.41) is 0. The number of benzene rings is 1. The van der Waals surface area contributed by atoms with Gasteiger partial charge in [0.25, 0.3) is 0 Å². The molecule has 0 aliphatic carbocycles. The summed E-state index contributed by atoms with van der Waals surface area (Å²) in [7, 11) is 0. The Labute approximate surface area is 153 Å². The van der Waals surface area contributed by atoms with E-state index in [2.05, 4.69) is 20.9 Å². The largest absolute Gasteiger partial charge is 0.368 e. The quantitative estimate of drug-likeness (QED) is 0.701. The monoisotopic (exact) mass is 404 g/mol. The summed E-state index contributed by atoms with van der Waals surface area (Å²) >= 11 is 3.31. The number of carbonyl (C=O) groups excluding carboxylic acids is 3. The Morgan fingerprint density at radius 2 is 1.96 bits per heavy atom. The van der Waals surface area contributed by atoms with Crippen molar-refractivity contribution in [3.05, 3.63) is 58.3 Å². The second-order valence-electron chi connectivity index (χ2n) is 5.38. The van der Waals surface area contributed by atoms with Crippen molar-refractivity contribution in [2.24, 2.45) is 11.5 Å². The fraction of sp³-hybridized carbons (Fsp3) is 0.176. The Hall–Kier alpha value is -2.58. The fourth-order valence-corrected chi connectivity index (χ4v) is 2.61. The first-order valence-corrected chi connectivity index (χ1v) is 8.21. The summed E-state index contributed by atoms with van der Waals surface area (Å²) in [4.78, 5) is 41.8. The van der Waals surface area contributed by atoms with Gasteiger partial charge in [0, 0.05) is 16.2 Å². The zero-order valence-electron chi connectivity index (χ0n) is 13.5. The molecule has 0 fully saturated rings. The van der Waals surface area contributed by atoms with Crippen LogP contribution in [-0.4, -0.2) is 35.2 Å². The molecule has 0 unspecified atom stereocenters. The van der Waals surface area contributed by atoms with E-state index in [-0.39, 0.29) is 29.3 Å². The van der Waals surface area contributed by atoms with Crippen LogP contribution in [0.4, 0.5) is 5.69 Å². The molecule has 0 spiro atoms. The molecule has 1 aromatic carbocycles. The van der Waals surface area contributed by atoms with E-state index in [4.69, 9.17) is 11.5 Å². The zero-order chi connectivity index (χ0) is 18.6. The molecule has 2 rings (SSSR count). The summed E-state index contributed by atoms with van der Waals surface area (Å²) in [5.41, 5.74) is 11.6. The molecule has 0 bridgehead atoms.